The zero-order chi connectivity index (χ0) is 11.7. The molecule has 2 saturated carbocycles. The van der Waals surface area contributed by atoms with Crippen molar-refractivity contribution in [3.8, 4) is 0 Å². The summed E-state index contributed by atoms with van der Waals surface area (Å²) in [6, 6.07) is 1.35. The van der Waals surface area contributed by atoms with Gasteiger partial charge >= 0.3 is 0 Å². The van der Waals surface area contributed by atoms with Crippen LogP contribution in [0, 0.1) is 5.92 Å². The van der Waals surface area contributed by atoms with Gasteiger partial charge in [-0.1, -0.05) is 12.8 Å². The van der Waals surface area contributed by atoms with Crippen molar-refractivity contribution < 1.29 is 4.79 Å². The molecule has 2 aliphatic carbocycles. The molecule has 0 aromatic rings. The maximum atomic E-state index is 12.0. The number of carbonyl (C=O) groups is 1. The van der Waals surface area contributed by atoms with Crippen molar-refractivity contribution in [3.63, 3.8) is 0 Å². The molecule has 1 heterocycles. The lowest BCUT2D eigenvalue weighted by Gasteiger charge is -2.32. The van der Waals surface area contributed by atoms with Gasteiger partial charge in [-0.05, 0) is 38.5 Å². The first kappa shape index (κ1) is 11.5. The molecule has 0 atom stereocenters. The Morgan fingerprint density at radius 2 is 1.59 bits per heavy atom. The van der Waals surface area contributed by atoms with E-state index in [0.29, 0.717) is 17.9 Å². The lowest BCUT2D eigenvalue weighted by atomic mass is 10.0. The van der Waals surface area contributed by atoms with Gasteiger partial charge in [-0.3, -0.25) is 4.79 Å². The topological polar surface area (TPSA) is 32.3 Å². The molecule has 3 heteroatoms. The smallest absolute Gasteiger partial charge is 0.223 e. The highest BCUT2D eigenvalue weighted by Crippen LogP contribution is 2.30. The summed E-state index contributed by atoms with van der Waals surface area (Å²) in [7, 11) is 0. The fourth-order valence-electron chi connectivity index (χ4n) is 3.36. The van der Waals surface area contributed by atoms with Gasteiger partial charge in [0.2, 0.25) is 5.91 Å². The molecule has 3 aliphatic rings. The third-order valence-electron chi connectivity index (χ3n) is 4.67. The van der Waals surface area contributed by atoms with E-state index in [1.807, 2.05) is 0 Å². The van der Waals surface area contributed by atoms with Crippen LogP contribution in [-0.4, -0.2) is 36.0 Å². The summed E-state index contributed by atoms with van der Waals surface area (Å²) in [5.74, 6) is 0.670. The van der Waals surface area contributed by atoms with Crippen LogP contribution in [0.15, 0.2) is 0 Å². The number of likely N-dealkylation sites (tertiary alicyclic amines) is 1. The van der Waals surface area contributed by atoms with Crippen molar-refractivity contribution >= 4 is 5.91 Å². The van der Waals surface area contributed by atoms with Gasteiger partial charge in [0.15, 0.2) is 0 Å². The van der Waals surface area contributed by atoms with Crippen LogP contribution in [0.4, 0.5) is 0 Å². The Morgan fingerprint density at radius 3 is 2.18 bits per heavy atom. The third kappa shape index (κ3) is 2.82. The average Bonchev–Trinajstić information content (AvgIpc) is 3.05. The van der Waals surface area contributed by atoms with Crippen LogP contribution in [-0.2, 0) is 4.79 Å². The standard InChI is InChI=1S/C14H24N2O/c17-14(11-3-1-2-4-11)15-12-7-9-16(10-8-12)13-5-6-13/h11-13H,1-10H2,(H,15,17). The van der Waals surface area contributed by atoms with Crippen LogP contribution < -0.4 is 5.32 Å². The monoisotopic (exact) mass is 236 g/mol. The van der Waals surface area contributed by atoms with Crippen molar-refractivity contribution in [1.82, 2.24) is 10.2 Å². The van der Waals surface area contributed by atoms with Crippen LogP contribution in [0.3, 0.4) is 0 Å². The fraction of sp³-hybridized carbons (Fsp3) is 0.929. The molecule has 0 radical (unpaired) electrons. The highest BCUT2D eigenvalue weighted by Gasteiger charge is 2.32. The van der Waals surface area contributed by atoms with Gasteiger partial charge in [0.25, 0.3) is 0 Å². The molecule has 1 amide bonds. The van der Waals surface area contributed by atoms with Gasteiger partial charge in [-0.2, -0.15) is 0 Å². The number of hydrogen-bond donors (Lipinski definition) is 1. The van der Waals surface area contributed by atoms with E-state index in [1.165, 1.54) is 38.8 Å². The molecule has 17 heavy (non-hydrogen) atoms. The van der Waals surface area contributed by atoms with Crippen LogP contribution in [0.25, 0.3) is 0 Å². The molecule has 0 aromatic heterocycles. The highest BCUT2D eigenvalue weighted by molar-refractivity contribution is 5.79. The Kier molecular flexibility index (Phi) is 3.37. The van der Waals surface area contributed by atoms with Crippen LogP contribution in [0.1, 0.15) is 51.4 Å². The van der Waals surface area contributed by atoms with Crippen molar-refractivity contribution in [3.05, 3.63) is 0 Å². The predicted octanol–water partition coefficient (Wildman–Crippen LogP) is 1.92. The van der Waals surface area contributed by atoms with Crippen LogP contribution in [0.5, 0.6) is 0 Å². The van der Waals surface area contributed by atoms with Crippen molar-refractivity contribution in [2.45, 2.75) is 63.5 Å². The van der Waals surface area contributed by atoms with E-state index in [2.05, 4.69) is 10.2 Å². The van der Waals surface area contributed by atoms with E-state index in [-0.39, 0.29) is 0 Å². The normalized spacial score (nSPS) is 28.5. The first-order valence-corrected chi connectivity index (χ1v) is 7.37. The Balaban J connectivity index is 1.41. The summed E-state index contributed by atoms with van der Waals surface area (Å²) in [5, 5.41) is 3.28. The molecular weight excluding hydrogens is 212 g/mol. The zero-order valence-electron chi connectivity index (χ0n) is 10.7. The van der Waals surface area contributed by atoms with E-state index in [1.54, 1.807) is 0 Å². The highest BCUT2D eigenvalue weighted by atomic mass is 16.1. The first-order valence-electron chi connectivity index (χ1n) is 7.37. The minimum Gasteiger partial charge on any atom is -0.353 e. The maximum Gasteiger partial charge on any atom is 0.223 e. The minimum atomic E-state index is 0.330. The quantitative estimate of drug-likeness (QED) is 0.812. The number of carbonyl (C=O) groups excluding carboxylic acids is 1. The zero-order valence-corrected chi connectivity index (χ0v) is 10.7. The minimum absolute atomic E-state index is 0.330. The molecule has 0 aromatic carbocycles. The van der Waals surface area contributed by atoms with E-state index >= 15 is 0 Å². The van der Waals surface area contributed by atoms with Gasteiger partial charge in [0.05, 0.1) is 0 Å². The molecule has 0 bridgehead atoms. The van der Waals surface area contributed by atoms with Gasteiger partial charge in [0, 0.05) is 31.1 Å². The summed E-state index contributed by atoms with van der Waals surface area (Å²) in [4.78, 5) is 14.6. The lowest BCUT2D eigenvalue weighted by Crippen LogP contribution is -2.46. The molecule has 1 N–H and O–H groups in total. The number of rotatable bonds is 3. The van der Waals surface area contributed by atoms with Crippen LogP contribution >= 0.6 is 0 Å². The summed E-state index contributed by atoms with van der Waals surface area (Å²) in [6.45, 7) is 2.39. The molecule has 96 valence electrons. The number of nitrogens with one attached hydrogen (secondary N) is 1. The summed E-state index contributed by atoms with van der Waals surface area (Å²) in [5.41, 5.74) is 0. The fourth-order valence-corrected chi connectivity index (χ4v) is 3.36. The Morgan fingerprint density at radius 1 is 0.941 bits per heavy atom. The van der Waals surface area contributed by atoms with Crippen molar-refractivity contribution in [2.75, 3.05) is 13.1 Å². The number of hydrogen-bond acceptors (Lipinski definition) is 2. The molecular formula is C14H24N2O. The third-order valence-corrected chi connectivity index (χ3v) is 4.67. The van der Waals surface area contributed by atoms with Gasteiger partial charge in [0.1, 0.15) is 0 Å². The van der Waals surface area contributed by atoms with Gasteiger partial charge < -0.3 is 10.2 Å². The molecule has 0 unspecified atom stereocenters. The van der Waals surface area contributed by atoms with Crippen molar-refractivity contribution in [2.24, 2.45) is 5.92 Å². The molecule has 3 fully saturated rings. The number of nitrogens with zero attached hydrogens (tertiary/aromatic N) is 1. The summed E-state index contributed by atoms with van der Waals surface area (Å²) >= 11 is 0. The van der Waals surface area contributed by atoms with Gasteiger partial charge in [-0.15, -0.1) is 0 Å². The maximum absolute atomic E-state index is 12.0. The van der Waals surface area contributed by atoms with E-state index < -0.39 is 0 Å². The molecule has 3 nitrogen and oxygen atoms in total. The largest absolute Gasteiger partial charge is 0.353 e. The molecule has 1 aliphatic heterocycles. The lowest BCUT2D eigenvalue weighted by molar-refractivity contribution is -0.125. The average molecular weight is 236 g/mol. The van der Waals surface area contributed by atoms with Crippen molar-refractivity contribution in [1.29, 1.82) is 0 Å². The van der Waals surface area contributed by atoms with E-state index in [0.717, 1.165) is 31.7 Å². The van der Waals surface area contributed by atoms with E-state index in [4.69, 9.17) is 0 Å². The summed E-state index contributed by atoms with van der Waals surface area (Å²) < 4.78 is 0. The first-order chi connectivity index (χ1) is 8.33. The number of piperidine rings is 1. The van der Waals surface area contributed by atoms with E-state index in [9.17, 15) is 4.79 Å². The van der Waals surface area contributed by atoms with Crippen LogP contribution in [0.2, 0.25) is 0 Å². The molecule has 3 rings (SSSR count). The Hall–Kier alpha value is -0.570. The predicted molar refractivity (Wildman–Crippen MR) is 67.7 cm³/mol. The second kappa shape index (κ2) is 4.97. The summed E-state index contributed by atoms with van der Waals surface area (Å²) in [6.07, 6.45) is 9.86. The number of amides is 1. The molecule has 1 saturated heterocycles. The molecule has 0 spiro atoms. The SMILES string of the molecule is O=C(NC1CCN(C2CC2)CC1)C1CCCC1. The van der Waals surface area contributed by atoms with Gasteiger partial charge in [-0.25, -0.2) is 0 Å². The Labute approximate surface area is 104 Å². The second-order valence-electron chi connectivity index (χ2n) is 6.03. The second-order valence-corrected chi connectivity index (χ2v) is 6.03. The Bertz CT molecular complexity index is 274.